The third kappa shape index (κ3) is 4.09. The normalized spacial score (nSPS) is 20.4. The Labute approximate surface area is 131 Å². The molecule has 1 amide bonds. The molecule has 120 valence electrons. The Morgan fingerprint density at radius 2 is 2.00 bits per heavy atom. The van der Waals surface area contributed by atoms with E-state index in [-0.39, 0.29) is 22.9 Å². The number of hydrogen-bond donors (Lipinski definition) is 2. The largest absolute Gasteiger partial charge is 0.478 e. The van der Waals surface area contributed by atoms with E-state index in [2.05, 4.69) is 19.2 Å². The van der Waals surface area contributed by atoms with Gasteiger partial charge in [-0.15, -0.1) is 0 Å². The van der Waals surface area contributed by atoms with Crippen molar-refractivity contribution in [2.75, 3.05) is 0 Å². The lowest BCUT2D eigenvalue weighted by atomic mass is 9.73. The zero-order chi connectivity index (χ0) is 16.2. The first-order valence-corrected chi connectivity index (χ1v) is 8.01. The summed E-state index contributed by atoms with van der Waals surface area (Å²) < 4.78 is 0. The molecule has 0 bridgehead atoms. The van der Waals surface area contributed by atoms with Crippen LogP contribution in [0.1, 0.15) is 61.9 Å². The highest BCUT2D eigenvalue weighted by Crippen LogP contribution is 2.35. The molecule has 2 rings (SSSR count). The van der Waals surface area contributed by atoms with Gasteiger partial charge >= 0.3 is 5.97 Å². The number of carboxylic acids is 1. The minimum absolute atomic E-state index is 0.0140. The lowest BCUT2D eigenvalue weighted by Gasteiger charge is -2.39. The molecule has 0 spiro atoms. The molecule has 1 aromatic rings. The van der Waals surface area contributed by atoms with Gasteiger partial charge in [-0.2, -0.15) is 0 Å². The molecule has 2 N–H and O–H groups in total. The van der Waals surface area contributed by atoms with Crippen molar-refractivity contribution in [3.63, 3.8) is 0 Å². The highest BCUT2D eigenvalue weighted by atomic mass is 16.4. The molecule has 4 nitrogen and oxygen atoms in total. The molecule has 1 saturated carbocycles. The van der Waals surface area contributed by atoms with Crippen LogP contribution >= 0.6 is 0 Å². The van der Waals surface area contributed by atoms with E-state index >= 15 is 0 Å². The predicted octanol–water partition coefficient (Wildman–Crippen LogP) is 3.40. The fraction of sp³-hybridized carbons (Fsp3) is 0.556. The molecule has 0 aromatic heterocycles. The van der Waals surface area contributed by atoms with Crippen LogP contribution in [-0.2, 0) is 11.2 Å². The molecular weight excluding hydrogens is 278 g/mol. The van der Waals surface area contributed by atoms with Crippen molar-refractivity contribution in [3.8, 4) is 0 Å². The van der Waals surface area contributed by atoms with E-state index < -0.39 is 5.97 Å². The smallest absolute Gasteiger partial charge is 0.335 e. The van der Waals surface area contributed by atoms with Crippen LogP contribution in [0.4, 0.5) is 0 Å². The molecule has 0 radical (unpaired) electrons. The first-order chi connectivity index (χ1) is 10.4. The Morgan fingerprint density at radius 1 is 1.27 bits per heavy atom. The molecule has 1 aromatic carbocycles. The monoisotopic (exact) mass is 303 g/mol. The summed E-state index contributed by atoms with van der Waals surface area (Å²) in [5.74, 6) is -0.926. The van der Waals surface area contributed by atoms with Gasteiger partial charge in [-0.1, -0.05) is 44.9 Å². The zero-order valence-electron chi connectivity index (χ0n) is 13.4. The maximum atomic E-state index is 12.2. The molecule has 0 saturated heterocycles. The fourth-order valence-corrected chi connectivity index (χ4v) is 3.22. The number of carboxylic acid groups (broad SMARTS) is 1. The SMILES string of the molecule is CC1(C)CCCCC1NC(=O)CCc1ccccc1C(=O)O. The molecule has 1 atom stereocenters. The standard InChI is InChI=1S/C18H25NO3/c1-18(2)12-6-5-9-15(18)19-16(20)11-10-13-7-3-4-8-14(13)17(21)22/h3-4,7-8,15H,5-6,9-12H2,1-2H3,(H,19,20)(H,21,22). The van der Waals surface area contributed by atoms with Gasteiger partial charge in [0.25, 0.3) is 0 Å². The summed E-state index contributed by atoms with van der Waals surface area (Å²) in [6, 6.07) is 7.10. The van der Waals surface area contributed by atoms with E-state index in [1.807, 2.05) is 6.07 Å². The van der Waals surface area contributed by atoms with Crippen LogP contribution in [0.5, 0.6) is 0 Å². The predicted molar refractivity (Wildman–Crippen MR) is 85.9 cm³/mol. The maximum absolute atomic E-state index is 12.2. The number of benzene rings is 1. The lowest BCUT2D eigenvalue weighted by molar-refractivity contribution is -0.123. The van der Waals surface area contributed by atoms with Gasteiger partial charge in [0.2, 0.25) is 5.91 Å². The number of aromatic carboxylic acids is 1. The minimum Gasteiger partial charge on any atom is -0.478 e. The number of nitrogens with one attached hydrogen (secondary N) is 1. The molecular formula is C18H25NO3. The number of amides is 1. The first kappa shape index (κ1) is 16.5. The maximum Gasteiger partial charge on any atom is 0.335 e. The van der Waals surface area contributed by atoms with E-state index in [4.69, 9.17) is 5.11 Å². The van der Waals surface area contributed by atoms with Crippen LogP contribution in [0.25, 0.3) is 0 Å². The number of carbonyl (C=O) groups excluding carboxylic acids is 1. The minimum atomic E-state index is -0.940. The van der Waals surface area contributed by atoms with Gasteiger partial charge in [0, 0.05) is 12.5 Å². The number of aryl methyl sites for hydroxylation is 1. The quantitative estimate of drug-likeness (QED) is 0.876. The Morgan fingerprint density at radius 3 is 2.68 bits per heavy atom. The Bertz CT molecular complexity index is 551. The van der Waals surface area contributed by atoms with Gasteiger partial charge in [0.05, 0.1) is 5.56 Å². The topological polar surface area (TPSA) is 66.4 Å². The summed E-state index contributed by atoms with van der Waals surface area (Å²) in [6.07, 6.45) is 5.35. The number of carbonyl (C=O) groups is 2. The molecule has 1 fully saturated rings. The molecule has 22 heavy (non-hydrogen) atoms. The Balaban J connectivity index is 1.92. The third-order valence-electron chi connectivity index (χ3n) is 4.71. The van der Waals surface area contributed by atoms with Crippen LogP contribution in [0.2, 0.25) is 0 Å². The third-order valence-corrected chi connectivity index (χ3v) is 4.71. The van der Waals surface area contributed by atoms with Crippen molar-refractivity contribution < 1.29 is 14.7 Å². The molecule has 0 aliphatic heterocycles. The van der Waals surface area contributed by atoms with Gasteiger partial charge in [0.1, 0.15) is 0 Å². The van der Waals surface area contributed by atoms with Crippen molar-refractivity contribution in [1.29, 1.82) is 0 Å². The summed E-state index contributed by atoms with van der Waals surface area (Å²) in [7, 11) is 0. The lowest BCUT2D eigenvalue weighted by Crippen LogP contribution is -2.46. The molecule has 1 aliphatic carbocycles. The number of rotatable bonds is 5. The van der Waals surface area contributed by atoms with Gasteiger partial charge in [0.15, 0.2) is 0 Å². The van der Waals surface area contributed by atoms with Crippen molar-refractivity contribution in [1.82, 2.24) is 5.32 Å². The van der Waals surface area contributed by atoms with Crippen molar-refractivity contribution >= 4 is 11.9 Å². The second kappa shape index (κ2) is 6.95. The average Bonchev–Trinajstić information content (AvgIpc) is 2.47. The molecule has 1 aliphatic rings. The Kier molecular flexibility index (Phi) is 5.22. The Hall–Kier alpha value is -1.84. The summed E-state index contributed by atoms with van der Waals surface area (Å²) in [4.78, 5) is 23.4. The second-order valence-corrected chi connectivity index (χ2v) is 6.82. The van der Waals surface area contributed by atoms with E-state index in [1.165, 1.54) is 6.42 Å². The van der Waals surface area contributed by atoms with Gasteiger partial charge in [-0.05, 0) is 36.3 Å². The van der Waals surface area contributed by atoms with E-state index in [0.29, 0.717) is 18.4 Å². The van der Waals surface area contributed by atoms with E-state index in [0.717, 1.165) is 19.3 Å². The van der Waals surface area contributed by atoms with Crippen LogP contribution in [0, 0.1) is 5.41 Å². The van der Waals surface area contributed by atoms with Gasteiger partial charge in [-0.25, -0.2) is 4.79 Å². The van der Waals surface area contributed by atoms with Gasteiger partial charge < -0.3 is 10.4 Å². The summed E-state index contributed by atoms with van der Waals surface area (Å²) in [5, 5.41) is 12.3. The summed E-state index contributed by atoms with van der Waals surface area (Å²) >= 11 is 0. The highest BCUT2D eigenvalue weighted by molar-refractivity contribution is 5.89. The summed E-state index contributed by atoms with van der Waals surface area (Å²) in [5.41, 5.74) is 1.15. The first-order valence-electron chi connectivity index (χ1n) is 8.01. The highest BCUT2D eigenvalue weighted by Gasteiger charge is 2.32. The number of hydrogen-bond acceptors (Lipinski definition) is 2. The molecule has 4 heteroatoms. The van der Waals surface area contributed by atoms with Gasteiger partial charge in [-0.3, -0.25) is 4.79 Å². The van der Waals surface area contributed by atoms with Crippen LogP contribution in [0.3, 0.4) is 0 Å². The van der Waals surface area contributed by atoms with Crippen LogP contribution < -0.4 is 5.32 Å². The second-order valence-electron chi connectivity index (χ2n) is 6.82. The van der Waals surface area contributed by atoms with Crippen LogP contribution in [0.15, 0.2) is 24.3 Å². The van der Waals surface area contributed by atoms with Crippen molar-refractivity contribution in [2.24, 2.45) is 5.41 Å². The molecule has 0 heterocycles. The van der Waals surface area contributed by atoms with Crippen LogP contribution in [-0.4, -0.2) is 23.0 Å². The van der Waals surface area contributed by atoms with Crippen molar-refractivity contribution in [3.05, 3.63) is 35.4 Å². The van der Waals surface area contributed by atoms with E-state index in [1.54, 1.807) is 18.2 Å². The van der Waals surface area contributed by atoms with E-state index in [9.17, 15) is 9.59 Å². The average molecular weight is 303 g/mol. The molecule has 1 unspecified atom stereocenters. The zero-order valence-corrected chi connectivity index (χ0v) is 13.4. The fourth-order valence-electron chi connectivity index (χ4n) is 3.22. The van der Waals surface area contributed by atoms with Crippen molar-refractivity contribution in [2.45, 2.75) is 58.4 Å². The summed E-state index contributed by atoms with van der Waals surface area (Å²) in [6.45, 7) is 4.41.